The summed E-state index contributed by atoms with van der Waals surface area (Å²) < 4.78 is 9.93. The van der Waals surface area contributed by atoms with Gasteiger partial charge in [0.25, 0.3) is 0 Å². The molecule has 0 saturated heterocycles. The van der Waals surface area contributed by atoms with Crippen molar-refractivity contribution in [3.63, 3.8) is 0 Å². The van der Waals surface area contributed by atoms with E-state index in [1.165, 1.54) is 19.2 Å². The zero-order chi connectivity index (χ0) is 15.1. The highest BCUT2D eigenvalue weighted by atomic mass is 16.5. The molecule has 0 saturated carbocycles. The Morgan fingerprint density at radius 1 is 1.35 bits per heavy atom. The summed E-state index contributed by atoms with van der Waals surface area (Å²) in [4.78, 5) is 23.0. The van der Waals surface area contributed by atoms with E-state index in [9.17, 15) is 9.59 Å². The second-order valence-corrected chi connectivity index (χ2v) is 4.53. The molecule has 0 aliphatic rings. The Hall–Kier alpha value is -2.08. The molecule has 0 fully saturated rings. The molecule has 1 aromatic carbocycles. The first-order chi connectivity index (χ1) is 9.47. The van der Waals surface area contributed by atoms with E-state index in [4.69, 9.17) is 14.6 Å². The zero-order valence-corrected chi connectivity index (χ0v) is 11.8. The molecule has 0 radical (unpaired) electrons. The van der Waals surface area contributed by atoms with Crippen LogP contribution < -0.4 is 10.1 Å². The number of ether oxygens (including phenoxy) is 2. The molecule has 1 rings (SSSR count). The average Bonchev–Trinajstić information content (AvgIpc) is 2.38. The minimum atomic E-state index is -1.12. The largest absolute Gasteiger partial charge is 0.497 e. The summed E-state index contributed by atoms with van der Waals surface area (Å²) in [5, 5.41) is 11.7. The molecule has 6 nitrogen and oxygen atoms in total. The number of hydrogen-bond donors (Lipinski definition) is 2. The number of carbonyl (C=O) groups excluding carboxylic acids is 1. The van der Waals surface area contributed by atoms with Crippen molar-refractivity contribution in [2.75, 3.05) is 26.1 Å². The van der Waals surface area contributed by atoms with Gasteiger partial charge in [-0.25, -0.2) is 4.79 Å². The summed E-state index contributed by atoms with van der Waals surface area (Å²) in [7, 11) is 3.02. The van der Waals surface area contributed by atoms with Crippen molar-refractivity contribution >= 4 is 17.6 Å². The Labute approximate surface area is 117 Å². The Morgan fingerprint density at radius 3 is 2.60 bits per heavy atom. The van der Waals surface area contributed by atoms with Crippen molar-refractivity contribution in [1.29, 1.82) is 0 Å². The molecular weight excluding hydrogens is 262 g/mol. The first-order valence-electron chi connectivity index (χ1n) is 6.18. The normalized spacial score (nSPS) is 11.8. The molecule has 1 aromatic rings. The Morgan fingerprint density at radius 2 is 2.05 bits per heavy atom. The van der Waals surface area contributed by atoms with E-state index >= 15 is 0 Å². The van der Waals surface area contributed by atoms with Gasteiger partial charge < -0.3 is 19.9 Å². The summed E-state index contributed by atoms with van der Waals surface area (Å²) >= 11 is 0. The van der Waals surface area contributed by atoms with E-state index in [2.05, 4.69) is 5.32 Å². The van der Waals surface area contributed by atoms with E-state index in [1.807, 2.05) is 6.92 Å². The maximum atomic E-state index is 11.8. The number of rotatable bonds is 7. The number of carbonyl (C=O) groups is 2. The van der Waals surface area contributed by atoms with Crippen LogP contribution in [0.5, 0.6) is 5.75 Å². The van der Waals surface area contributed by atoms with Crippen molar-refractivity contribution in [1.82, 2.24) is 0 Å². The Bertz CT molecular complexity index is 486. The predicted molar refractivity (Wildman–Crippen MR) is 74.2 cm³/mol. The number of carboxylic acid groups (broad SMARTS) is 1. The van der Waals surface area contributed by atoms with Gasteiger partial charge in [-0.05, 0) is 24.1 Å². The molecule has 20 heavy (non-hydrogen) atoms. The monoisotopic (exact) mass is 281 g/mol. The number of hydrogen-bond acceptors (Lipinski definition) is 4. The third-order valence-electron chi connectivity index (χ3n) is 2.72. The molecule has 0 aliphatic heterocycles. The number of nitrogens with one attached hydrogen (secondary N) is 1. The maximum absolute atomic E-state index is 11.8. The molecule has 0 bridgehead atoms. The van der Waals surface area contributed by atoms with Gasteiger partial charge in [-0.2, -0.15) is 0 Å². The molecule has 6 heteroatoms. The van der Waals surface area contributed by atoms with Gasteiger partial charge >= 0.3 is 5.97 Å². The van der Waals surface area contributed by atoms with Gasteiger partial charge in [0, 0.05) is 20.1 Å². The van der Waals surface area contributed by atoms with Crippen LogP contribution in [0.15, 0.2) is 18.2 Å². The first-order valence-corrected chi connectivity index (χ1v) is 6.18. The van der Waals surface area contributed by atoms with E-state index in [-0.39, 0.29) is 29.5 Å². The molecule has 1 atom stereocenters. The van der Waals surface area contributed by atoms with Crippen molar-refractivity contribution in [2.45, 2.75) is 13.3 Å². The fourth-order valence-corrected chi connectivity index (χ4v) is 1.80. The van der Waals surface area contributed by atoms with E-state index in [0.29, 0.717) is 12.4 Å². The number of anilines is 1. The number of benzene rings is 1. The summed E-state index contributed by atoms with van der Waals surface area (Å²) in [5.41, 5.74) is 0.255. The van der Waals surface area contributed by atoms with Gasteiger partial charge in [0.1, 0.15) is 5.75 Å². The first kappa shape index (κ1) is 16.0. The smallest absolute Gasteiger partial charge is 0.337 e. The van der Waals surface area contributed by atoms with Crippen LogP contribution in [0.25, 0.3) is 0 Å². The van der Waals surface area contributed by atoms with Gasteiger partial charge in [0.15, 0.2) is 0 Å². The molecular formula is C14H19NO5. The van der Waals surface area contributed by atoms with Crippen LogP contribution in [0.3, 0.4) is 0 Å². The minimum Gasteiger partial charge on any atom is -0.497 e. The SMILES string of the molecule is COCC(C)CC(=O)Nc1ccc(OC)cc1C(=O)O. The second kappa shape index (κ2) is 7.49. The third-order valence-corrected chi connectivity index (χ3v) is 2.72. The topological polar surface area (TPSA) is 84.9 Å². The van der Waals surface area contributed by atoms with Crippen LogP contribution in [0.1, 0.15) is 23.7 Å². The molecule has 110 valence electrons. The summed E-state index contributed by atoms with van der Waals surface area (Å²) in [6.45, 7) is 2.36. The number of amides is 1. The van der Waals surface area contributed by atoms with E-state index in [0.717, 1.165) is 0 Å². The van der Waals surface area contributed by atoms with Crippen LogP contribution >= 0.6 is 0 Å². The third kappa shape index (κ3) is 4.55. The van der Waals surface area contributed by atoms with Crippen LogP contribution in [-0.4, -0.2) is 37.8 Å². The highest BCUT2D eigenvalue weighted by molar-refractivity contribution is 6.00. The van der Waals surface area contributed by atoms with Crippen molar-refractivity contribution in [2.24, 2.45) is 5.92 Å². The van der Waals surface area contributed by atoms with Crippen LogP contribution in [0.4, 0.5) is 5.69 Å². The van der Waals surface area contributed by atoms with E-state index in [1.54, 1.807) is 13.2 Å². The maximum Gasteiger partial charge on any atom is 0.337 e. The van der Waals surface area contributed by atoms with Gasteiger partial charge in [-0.15, -0.1) is 0 Å². The van der Waals surface area contributed by atoms with Crippen molar-refractivity contribution < 1.29 is 24.2 Å². The lowest BCUT2D eigenvalue weighted by atomic mass is 10.1. The van der Waals surface area contributed by atoms with Gasteiger partial charge in [-0.1, -0.05) is 6.92 Å². The van der Waals surface area contributed by atoms with Crippen LogP contribution in [-0.2, 0) is 9.53 Å². The molecule has 0 heterocycles. The lowest BCUT2D eigenvalue weighted by Gasteiger charge is -2.12. The van der Waals surface area contributed by atoms with Crippen LogP contribution in [0.2, 0.25) is 0 Å². The standard InChI is InChI=1S/C14H19NO5/c1-9(8-19-2)6-13(16)15-12-5-4-10(20-3)7-11(12)14(17)18/h4-5,7,9H,6,8H2,1-3H3,(H,15,16)(H,17,18). The second-order valence-electron chi connectivity index (χ2n) is 4.53. The Balaban J connectivity index is 2.81. The minimum absolute atomic E-state index is 0.00269. The summed E-state index contributed by atoms with van der Waals surface area (Å²) in [5.74, 6) is -0.883. The highest BCUT2D eigenvalue weighted by Gasteiger charge is 2.15. The van der Waals surface area contributed by atoms with Gasteiger partial charge in [0.2, 0.25) is 5.91 Å². The molecule has 1 unspecified atom stereocenters. The Kier molecular flexibility index (Phi) is 5.99. The molecule has 0 spiro atoms. The van der Waals surface area contributed by atoms with Crippen molar-refractivity contribution in [3.05, 3.63) is 23.8 Å². The zero-order valence-electron chi connectivity index (χ0n) is 11.8. The lowest BCUT2D eigenvalue weighted by molar-refractivity contribution is -0.117. The highest BCUT2D eigenvalue weighted by Crippen LogP contribution is 2.22. The number of carboxylic acids is 1. The summed E-state index contributed by atoms with van der Waals surface area (Å²) in [6, 6.07) is 4.48. The molecule has 1 amide bonds. The van der Waals surface area contributed by atoms with Crippen molar-refractivity contribution in [3.8, 4) is 5.75 Å². The molecule has 0 aromatic heterocycles. The fourth-order valence-electron chi connectivity index (χ4n) is 1.80. The lowest BCUT2D eigenvalue weighted by Crippen LogP contribution is -2.19. The molecule has 0 aliphatic carbocycles. The fraction of sp³-hybridized carbons (Fsp3) is 0.429. The predicted octanol–water partition coefficient (Wildman–Crippen LogP) is 2.00. The van der Waals surface area contributed by atoms with E-state index < -0.39 is 5.97 Å². The van der Waals surface area contributed by atoms with Crippen LogP contribution in [0, 0.1) is 5.92 Å². The van der Waals surface area contributed by atoms with Gasteiger partial charge in [-0.3, -0.25) is 4.79 Å². The molecule has 2 N–H and O–H groups in total. The quantitative estimate of drug-likeness (QED) is 0.798. The van der Waals surface area contributed by atoms with Gasteiger partial charge in [0.05, 0.1) is 18.4 Å². The number of methoxy groups -OCH3 is 2. The average molecular weight is 281 g/mol. The number of aromatic carboxylic acids is 1. The summed E-state index contributed by atoms with van der Waals surface area (Å²) in [6.07, 6.45) is 0.263.